The topological polar surface area (TPSA) is 75.4 Å². The first-order chi connectivity index (χ1) is 11.9. The molecule has 0 bridgehead atoms. The Kier molecular flexibility index (Phi) is 7.93. The number of guanidine groups is 1. The summed E-state index contributed by atoms with van der Waals surface area (Å²) in [6.45, 7) is 17.0. The van der Waals surface area contributed by atoms with Gasteiger partial charge in [-0.25, -0.2) is 0 Å². The van der Waals surface area contributed by atoms with Crippen LogP contribution in [0.2, 0.25) is 0 Å². The van der Waals surface area contributed by atoms with E-state index in [0.29, 0.717) is 12.5 Å². The van der Waals surface area contributed by atoms with Crippen LogP contribution in [0, 0.1) is 0 Å². The summed E-state index contributed by atoms with van der Waals surface area (Å²) in [6, 6.07) is 0. The normalized spacial score (nSPS) is 27.4. The molecule has 2 rings (SSSR count). The summed E-state index contributed by atoms with van der Waals surface area (Å²) in [4.78, 5) is 9.46. The van der Waals surface area contributed by atoms with Gasteiger partial charge in [0, 0.05) is 38.3 Å². The molecule has 0 aromatic heterocycles. The molecule has 0 amide bonds. The van der Waals surface area contributed by atoms with E-state index >= 15 is 0 Å². The van der Waals surface area contributed by atoms with Gasteiger partial charge in [-0.1, -0.05) is 0 Å². The smallest absolute Gasteiger partial charge is 0.188 e. The minimum absolute atomic E-state index is 0.0214. The van der Waals surface area contributed by atoms with Crippen molar-refractivity contribution < 1.29 is 9.47 Å². The Labute approximate surface area is 152 Å². The Balaban J connectivity index is 1.68. The summed E-state index contributed by atoms with van der Waals surface area (Å²) in [5, 5.41) is 3.24. The van der Waals surface area contributed by atoms with E-state index in [4.69, 9.17) is 15.2 Å². The zero-order valence-corrected chi connectivity index (χ0v) is 16.5. The zero-order chi connectivity index (χ0) is 18.3. The van der Waals surface area contributed by atoms with Gasteiger partial charge in [0.25, 0.3) is 0 Å². The lowest BCUT2D eigenvalue weighted by molar-refractivity contribution is -0.0939. The maximum Gasteiger partial charge on any atom is 0.188 e. The Morgan fingerprint density at radius 3 is 2.48 bits per heavy atom. The van der Waals surface area contributed by atoms with Gasteiger partial charge in [0.15, 0.2) is 5.96 Å². The highest BCUT2D eigenvalue weighted by atomic mass is 16.5. The van der Waals surface area contributed by atoms with E-state index < -0.39 is 0 Å². The molecular weight excluding hydrogens is 318 g/mol. The first-order valence-corrected chi connectivity index (χ1v) is 9.61. The Morgan fingerprint density at radius 2 is 1.84 bits per heavy atom. The third kappa shape index (κ3) is 7.09. The fourth-order valence-corrected chi connectivity index (χ4v) is 3.45. The van der Waals surface area contributed by atoms with E-state index in [-0.39, 0.29) is 17.7 Å². The van der Waals surface area contributed by atoms with Crippen molar-refractivity contribution in [2.75, 3.05) is 59.0 Å². The molecule has 2 heterocycles. The lowest BCUT2D eigenvalue weighted by Crippen LogP contribution is -2.56. The number of hydrogen-bond donors (Lipinski definition) is 2. The number of ether oxygens (including phenoxy) is 2. The number of aliphatic imine (C=N–C) groups is 1. The summed E-state index contributed by atoms with van der Waals surface area (Å²) in [5.41, 5.74) is 6.02. The van der Waals surface area contributed by atoms with E-state index in [0.717, 1.165) is 58.9 Å². The Hall–Kier alpha value is -0.890. The lowest BCUT2D eigenvalue weighted by atomic mass is 10.0. The second-order valence-corrected chi connectivity index (χ2v) is 7.91. The van der Waals surface area contributed by atoms with Crippen molar-refractivity contribution in [1.29, 1.82) is 0 Å². The van der Waals surface area contributed by atoms with Crippen LogP contribution >= 0.6 is 0 Å². The van der Waals surface area contributed by atoms with Crippen LogP contribution in [0.5, 0.6) is 0 Å². The van der Waals surface area contributed by atoms with Crippen molar-refractivity contribution in [2.24, 2.45) is 10.7 Å². The predicted octanol–water partition coefficient (Wildman–Crippen LogP) is 0.501. The average Bonchev–Trinajstić information content (AvgIpc) is 2.57. The van der Waals surface area contributed by atoms with Gasteiger partial charge < -0.3 is 20.5 Å². The van der Waals surface area contributed by atoms with Gasteiger partial charge in [-0.3, -0.25) is 14.8 Å². The van der Waals surface area contributed by atoms with E-state index in [1.165, 1.54) is 0 Å². The van der Waals surface area contributed by atoms with Crippen molar-refractivity contribution in [3.63, 3.8) is 0 Å². The van der Waals surface area contributed by atoms with Crippen LogP contribution in [0.4, 0.5) is 0 Å². The molecule has 2 atom stereocenters. The maximum atomic E-state index is 6.05. The van der Waals surface area contributed by atoms with Crippen LogP contribution in [0.3, 0.4) is 0 Å². The van der Waals surface area contributed by atoms with Crippen molar-refractivity contribution in [3.05, 3.63) is 0 Å². The minimum Gasteiger partial charge on any atom is -0.379 e. The fourth-order valence-electron chi connectivity index (χ4n) is 3.45. The SMILES string of the molecule is CC1CN(C(C)(C)CN=C(N)NCCCN2CCOCC2)CC(C)O1. The molecule has 146 valence electrons. The molecule has 0 spiro atoms. The van der Waals surface area contributed by atoms with E-state index in [1.54, 1.807) is 0 Å². The number of morpholine rings is 2. The molecule has 0 aromatic carbocycles. The standard InChI is InChI=1S/C18H37N5O2/c1-15-12-23(13-16(2)25-15)18(3,4)14-21-17(19)20-6-5-7-22-8-10-24-11-9-22/h15-16H,5-14H2,1-4H3,(H3,19,20,21). The van der Waals surface area contributed by atoms with Gasteiger partial charge in [-0.2, -0.15) is 0 Å². The van der Waals surface area contributed by atoms with Crippen molar-refractivity contribution in [1.82, 2.24) is 15.1 Å². The molecule has 25 heavy (non-hydrogen) atoms. The van der Waals surface area contributed by atoms with Gasteiger partial charge in [-0.05, 0) is 40.7 Å². The number of nitrogens with two attached hydrogens (primary N) is 1. The number of nitrogens with zero attached hydrogens (tertiary/aromatic N) is 3. The maximum absolute atomic E-state index is 6.05. The second kappa shape index (κ2) is 9.71. The highest BCUT2D eigenvalue weighted by Gasteiger charge is 2.33. The zero-order valence-electron chi connectivity index (χ0n) is 16.5. The van der Waals surface area contributed by atoms with Gasteiger partial charge in [0.05, 0.1) is 32.0 Å². The first-order valence-electron chi connectivity index (χ1n) is 9.61. The first kappa shape index (κ1) is 20.4. The Morgan fingerprint density at radius 1 is 1.20 bits per heavy atom. The van der Waals surface area contributed by atoms with Crippen LogP contribution in [0.1, 0.15) is 34.1 Å². The third-order valence-electron chi connectivity index (χ3n) is 4.97. The third-order valence-corrected chi connectivity index (χ3v) is 4.97. The fraction of sp³-hybridized carbons (Fsp3) is 0.944. The highest BCUT2D eigenvalue weighted by Crippen LogP contribution is 2.21. The van der Waals surface area contributed by atoms with Gasteiger partial charge in [0.1, 0.15) is 0 Å². The van der Waals surface area contributed by atoms with E-state index in [9.17, 15) is 0 Å². The molecular formula is C18H37N5O2. The second-order valence-electron chi connectivity index (χ2n) is 7.91. The summed E-state index contributed by atoms with van der Waals surface area (Å²) in [7, 11) is 0. The van der Waals surface area contributed by atoms with Crippen LogP contribution in [-0.4, -0.2) is 92.5 Å². The van der Waals surface area contributed by atoms with E-state index in [2.05, 4.69) is 47.8 Å². The van der Waals surface area contributed by atoms with E-state index in [1.807, 2.05) is 0 Å². The molecule has 2 saturated heterocycles. The van der Waals surface area contributed by atoms with Crippen LogP contribution in [-0.2, 0) is 9.47 Å². The van der Waals surface area contributed by atoms with Gasteiger partial charge in [0.2, 0.25) is 0 Å². The molecule has 2 aliphatic heterocycles. The largest absolute Gasteiger partial charge is 0.379 e. The summed E-state index contributed by atoms with van der Waals surface area (Å²) in [6.07, 6.45) is 1.60. The molecule has 2 unspecified atom stereocenters. The Bertz CT molecular complexity index is 414. The molecule has 0 radical (unpaired) electrons. The lowest BCUT2D eigenvalue weighted by Gasteiger charge is -2.44. The molecule has 3 N–H and O–H groups in total. The number of rotatable bonds is 7. The van der Waals surface area contributed by atoms with Crippen molar-refractivity contribution in [2.45, 2.75) is 51.9 Å². The molecule has 0 aliphatic carbocycles. The average molecular weight is 356 g/mol. The van der Waals surface area contributed by atoms with Crippen LogP contribution in [0.15, 0.2) is 4.99 Å². The monoisotopic (exact) mass is 355 g/mol. The van der Waals surface area contributed by atoms with Crippen molar-refractivity contribution >= 4 is 5.96 Å². The summed E-state index contributed by atoms with van der Waals surface area (Å²) in [5.74, 6) is 0.546. The quantitative estimate of drug-likeness (QED) is 0.394. The predicted molar refractivity (Wildman–Crippen MR) is 102 cm³/mol. The molecule has 7 nitrogen and oxygen atoms in total. The number of hydrogen-bond acceptors (Lipinski definition) is 5. The van der Waals surface area contributed by atoms with Gasteiger partial charge >= 0.3 is 0 Å². The highest BCUT2D eigenvalue weighted by molar-refractivity contribution is 5.77. The molecule has 7 heteroatoms. The van der Waals surface area contributed by atoms with Gasteiger partial charge in [-0.15, -0.1) is 0 Å². The van der Waals surface area contributed by atoms with Crippen LogP contribution < -0.4 is 11.1 Å². The van der Waals surface area contributed by atoms with Crippen molar-refractivity contribution in [3.8, 4) is 0 Å². The molecule has 2 fully saturated rings. The summed E-state index contributed by atoms with van der Waals surface area (Å²) >= 11 is 0. The summed E-state index contributed by atoms with van der Waals surface area (Å²) < 4.78 is 11.2. The van der Waals surface area contributed by atoms with Crippen LogP contribution in [0.25, 0.3) is 0 Å². The molecule has 0 saturated carbocycles. The molecule has 0 aromatic rings. The number of nitrogens with one attached hydrogen (secondary N) is 1. The minimum atomic E-state index is -0.0214. The molecule has 2 aliphatic rings.